The van der Waals surface area contributed by atoms with Crippen molar-refractivity contribution in [1.29, 1.82) is 0 Å². The van der Waals surface area contributed by atoms with Gasteiger partial charge in [-0.3, -0.25) is 4.98 Å². The van der Waals surface area contributed by atoms with E-state index in [4.69, 9.17) is 5.11 Å². The highest BCUT2D eigenvalue weighted by molar-refractivity contribution is 6.05. The fourth-order valence-corrected chi connectivity index (χ4v) is 2.21. The second kappa shape index (κ2) is 3.77. The maximum Gasteiger partial charge on any atom is 0.328 e. The molecule has 0 aliphatic heterocycles. The largest absolute Gasteiger partial charge is 0.478 e. The Balaban J connectivity index is 2.35. The lowest BCUT2D eigenvalue weighted by Crippen LogP contribution is -1.92. The van der Waals surface area contributed by atoms with Gasteiger partial charge in [0.2, 0.25) is 0 Å². The number of carbonyl (C=O) groups is 1. The lowest BCUT2D eigenvalue weighted by atomic mass is 10.0. The summed E-state index contributed by atoms with van der Waals surface area (Å²) in [6.07, 6.45) is 2.72. The molecule has 3 nitrogen and oxygen atoms in total. The molecule has 0 radical (unpaired) electrons. The van der Waals surface area contributed by atoms with Crippen molar-refractivity contribution in [2.24, 2.45) is 0 Å². The van der Waals surface area contributed by atoms with Crippen LogP contribution in [0.5, 0.6) is 0 Å². The van der Waals surface area contributed by atoms with Gasteiger partial charge in [0.15, 0.2) is 0 Å². The zero-order chi connectivity index (χ0) is 12.7. The van der Waals surface area contributed by atoms with Crippen LogP contribution < -0.4 is 0 Å². The zero-order valence-corrected chi connectivity index (χ0v) is 9.22. The predicted octanol–water partition coefficient (Wildman–Crippen LogP) is 2.72. The van der Waals surface area contributed by atoms with E-state index in [9.17, 15) is 9.18 Å². The van der Waals surface area contributed by atoms with E-state index in [-0.39, 0.29) is 0 Å². The van der Waals surface area contributed by atoms with Crippen LogP contribution in [0.4, 0.5) is 4.39 Å². The van der Waals surface area contributed by atoms with Crippen LogP contribution in [0.2, 0.25) is 0 Å². The number of hydrogen-bond acceptors (Lipinski definition) is 2. The first-order valence-electron chi connectivity index (χ1n) is 5.37. The number of nitrogens with zero attached hydrogens (tertiary/aromatic N) is 1. The van der Waals surface area contributed by atoms with E-state index in [2.05, 4.69) is 4.98 Å². The highest BCUT2D eigenvalue weighted by atomic mass is 19.1. The van der Waals surface area contributed by atoms with Crippen LogP contribution in [-0.4, -0.2) is 16.1 Å². The maximum absolute atomic E-state index is 13.3. The fourth-order valence-electron chi connectivity index (χ4n) is 2.21. The molecular weight excluding hydrogens is 233 g/mol. The third kappa shape index (κ3) is 1.50. The lowest BCUT2D eigenvalue weighted by Gasteiger charge is -2.00. The number of halogens is 1. The van der Waals surface area contributed by atoms with Crippen molar-refractivity contribution < 1.29 is 14.3 Å². The van der Waals surface area contributed by atoms with Gasteiger partial charge in [0, 0.05) is 23.4 Å². The predicted molar refractivity (Wildman–Crippen MR) is 64.3 cm³/mol. The minimum Gasteiger partial charge on any atom is -0.478 e. The summed E-state index contributed by atoms with van der Waals surface area (Å²) in [6.45, 7) is 0. The first-order chi connectivity index (χ1) is 8.66. The Labute approximate surface area is 102 Å². The maximum atomic E-state index is 13.3. The Bertz CT molecular complexity index is 692. The molecule has 2 aromatic rings. The van der Waals surface area contributed by atoms with Crippen LogP contribution in [0.3, 0.4) is 0 Å². The number of carboxylic acids is 1. The van der Waals surface area contributed by atoms with E-state index in [1.54, 1.807) is 24.4 Å². The van der Waals surface area contributed by atoms with E-state index in [0.29, 0.717) is 16.8 Å². The number of aliphatic carboxylic acids is 1. The van der Waals surface area contributed by atoms with Crippen LogP contribution >= 0.6 is 0 Å². The molecule has 18 heavy (non-hydrogen) atoms. The Hall–Kier alpha value is -2.49. The molecule has 1 aromatic heterocycles. The third-order valence-corrected chi connectivity index (χ3v) is 2.89. The SMILES string of the molecule is O=C(O)/C=C1/c2cc(F)ccc2-c2ncccc21. The topological polar surface area (TPSA) is 50.2 Å². The van der Waals surface area contributed by atoms with Gasteiger partial charge in [-0.25, -0.2) is 9.18 Å². The number of carboxylic acid groups (broad SMARTS) is 1. The molecule has 4 heteroatoms. The van der Waals surface area contributed by atoms with Crippen LogP contribution in [0.25, 0.3) is 16.8 Å². The zero-order valence-electron chi connectivity index (χ0n) is 9.22. The smallest absolute Gasteiger partial charge is 0.328 e. The number of pyridine rings is 1. The average Bonchev–Trinajstić information content (AvgIpc) is 2.63. The Morgan fingerprint density at radius 3 is 2.83 bits per heavy atom. The molecule has 0 spiro atoms. The number of fused-ring (bicyclic) bond motifs is 3. The molecule has 1 aliphatic carbocycles. The van der Waals surface area contributed by atoms with Crippen molar-refractivity contribution in [3.8, 4) is 11.3 Å². The molecule has 0 saturated heterocycles. The summed E-state index contributed by atoms with van der Waals surface area (Å²) in [7, 11) is 0. The van der Waals surface area contributed by atoms with Gasteiger partial charge < -0.3 is 5.11 Å². The quantitative estimate of drug-likeness (QED) is 0.666. The second-order valence-corrected chi connectivity index (χ2v) is 3.99. The summed E-state index contributed by atoms with van der Waals surface area (Å²) in [4.78, 5) is 15.1. The minimum absolute atomic E-state index is 0.391. The van der Waals surface area contributed by atoms with E-state index in [1.165, 1.54) is 12.1 Å². The molecule has 0 saturated carbocycles. The molecule has 1 aliphatic rings. The van der Waals surface area contributed by atoms with Crippen molar-refractivity contribution in [1.82, 2.24) is 4.98 Å². The van der Waals surface area contributed by atoms with Crippen molar-refractivity contribution in [2.75, 3.05) is 0 Å². The van der Waals surface area contributed by atoms with E-state index < -0.39 is 11.8 Å². The summed E-state index contributed by atoms with van der Waals surface area (Å²) in [5.74, 6) is -1.45. The first-order valence-corrected chi connectivity index (χ1v) is 5.37. The molecule has 0 unspecified atom stereocenters. The van der Waals surface area contributed by atoms with E-state index >= 15 is 0 Å². The van der Waals surface area contributed by atoms with E-state index in [1.807, 2.05) is 0 Å². The molecule has 3 rings (SSSR count). The third-order valence-electron chi connectivity index (χ3n) is 2.89. The van der Waals surface area contributed by atoms with Gasteiger partial charge in [-0.15, -0.1) is 0 Å². The number of rotatable bonds is 1. The highest BCUT2D eigenvalue weighted by Crippen LogP contribution is 2.42. The van der Waals surface area contributed by atoms with Crippen LogP contribution in [0.1, 0.15) is 11.1 Å². The summed E-state index contributed by atoms with van der Waals surface area (Å²) in [6, 6.07) is 7.83. The average molecular weight is 241 g/mol. The van der Waals surface area contributed by atoms with Crippen molar-refractivity contribution >= 4 is 11.5 Å². The molecule has 1 N–H and O–H groups in total. The molecule has 88 valence electrons. The monoisotopic (exact) mass is 241 g/mol. The molecule has 0 fully saturated rings. The standard InChI is InChI=1S/C14H8FNO2/c15-8-3-4-10-11(6-8)12(7-13(17)18)9-2-1-5-16-14(9)10/h1-7H,(H,17,18)/b12-7+. The molecule has 1 heterocycles. The van der Waals surface area contributed by atoms with E-state index in [0.717, 1.165) is 17.2 Å². The van der Waals surface area contributed by atoms with Gasteiger partial charge in [0.05, 0.1) is 5.69 Å². The van der Waals surface area contributed by atoms with Gasteiger partial charge in [0.1, 0.15) is 5.82 Å². The molecular formula is C14H8FNO2. The van der Waals surface area contributed by atoms with Crippen molar-refractivity contribution in [2.45, 2.75) is 0 Å². The lowest BCUT2D eigenvalue weighted by molar-refractivity contribution is -0.131. The van der Waals surface area contributed by atoms with Gasteiger partial charge in [-0.2, -0.15) is 0 Å². The fraction of sp³-hybridized carbons (Fsp3) is 0. The van der Waals surface area contributed by atoms with Gasteiger partial charge in [-0.05, 0) is 35.4 Å². The Morgan fingerprint density at radius 1 is 1.22 bits per heavy atom. The molecule has 0 atom stereocenters. The molecule has 1 aromatic carbocycles. The van der Waals surface area contributed by atoms with Crippen LogP contribution in [0.15, 0.2) is 42.6 Å². The molecule has 0 amide bonds. The molecule has 0 bridgehead atoms. The summed E-state index contributed by atoms with van der Waals surface area (Å²) in [5, 5.41) is 8.90. The number of benzene rings is 1. The minimum atomic E-state index is -1.06. The van der Waals surface area contributed by atoms with Crippen LogP contribution in [0, 0.1) is 5.82 Å². The highest BCUT2D eigenvalue weighted by Gasteiger charge is 2.25. The first kappa shape index (κ1) is 10.7. The Morgan fingerprint density at radius 2 is 2.06 bits per heavy atom. The van der Waals surface area contributed by atoms with Gasteiger partial charge in [0.25, 0.3) is 0 Å². The second-order valence-electron chi connectivity index (χ2n) is 3.99. The Kier molecular flexibility index (Phi) is 2.23. The summed E-state index contributed by atoms with van der Waals surface area (Å²) < 4.78 is 13.3. The van der Waals surface area contributed by atoms with Crippen molar-refractivity contribution in [3.63, 3.8) is 0 Å². The summed E-state index contributed by atoms with van der Waals surface area (Å²) in [5.41, 5.74) is 3.26. The van der Waals surface area contributed by atoms with Crippen molar-refractivity contribution in [3.05, 3.63) is 59.5 Å². The van der Waals surface area contributed by atoms with Crippen LogP contribution in [-0.2, 0) is 4.79 Å². The number of aromatic nitrogens is 1. The van der Waals surface area contributed by atoms with Gasteiger partial charge >= 0.3 is 5.97 Å². The normalized spacial score (nSPS) is 14.4. The number of hydrogen-bond donors (Lipinski definition) is 1. The summed E-state index contributed by atoms with van der Waals surface area (Å²) >= 11 is 0. The van der Waals surface area contributed by atoms with Gasteiger partial charge in [-0.1, -0.05) is 6.07 Å².